The second-order valence-corrected chi connectivity index (χ2v) is 17.4. The van der Waals surface area contributed by atoms with Gasteiger partial charge in [0.2, 0.25) is 21.7 Å². The summed E-state index contributed by atoms with van der Waals surface area (Å²) in [7, 11) is -2.68. The highest BCUT2D eigenvalue weighted by Gasteiger charge is 2.65. The highest BCUT2D eigenvalue weighted by Crippen LogP contribution is 2.62. The van der Waals surface area contributed by atoms with Crippen LogP contribution in [0.1, 0.15) is 68.9 Å². The summed E-state index contributed by atoms with van der Waals surface area (Å²) in [6.07, 6.45) is 10.1. The Morgan fingerprint density at radius 2 is 1.69 bits per heavy atom. The first-order valence-corrected chi connectivity index (χ1v) is 21.9. The number of carbonyl (C=O) groups is 1. The number of oxime groups is 1. The highest BCUT2D eigenvalue weighted by molar-refractivity contribution is 7.89. The zero-order valence-corrected chi connectivity index (χ0v) is 34.8. The number of allylic oxidation sites excluding steroid dienone is 1. The number of anilines is 1. The second-order valence-electron chi connectivity index (χ2n) is 15.4. The van der Waals surface area contributed by atoms with E-state index < -0.39 is 27.8 Å². The number of nitrogens with one attached hydrogen (secondary N) is 1. The number of amides is 1. The monoisotopic (exact) mass is 827 g/mol. The van der Waals surface area contributed by atoms with Crippen molar-refractivity contribution in [3.63, 3.8) is 0 Å². The van der Waals surface area contributed by atoms with E-state index in [2.05, 4.69) is 24.6 Å². The molecular weight excluding hydrogens is 771 g/mol. The summed E-state index contributed by atoms with van der Waals surface area (Å²) in [4.78, 5) is 17.9. The molecule has 316 valence electrons. The Morgan fingerprint density at radius 1 is 0.983 bits per heavy atom. The first kappa shape index (κ1) is 43.8. The Hall–Kier alpha value is -4.79. The normalized spacial score (nSPS) is 24.0. The summed E-state index contributed by atoms with van der Waals surface area (Å²) >= 11 is 0. The van der Waals surface area contributed by atoms with E-state index in [1.54, 1.807) is 24.3 Å². The van der Waals surface area contributed by atoms with Crippen molar-refractivity contribution >= 4 is 27.3 Å². The van der Waals surface area contributed by atoms with Crippen LogP contribution in [0.5, 0.6) is 11.5 Å². The van der Waals surface area contributed by atoms with Gasteiger partial charge in [-0.2, -0.15) is 4.31 Å². The van der Waals surface area contributed by atoms with E-state index in [1.807, 2.05) is 48.5 Å². The van der Waals surface area contributed by atoms with Crippen LogP contribution in [0.4, 0.5) is 5.69 Å². The predicted octanol–water partition coefficient (Wildman–Crippen LogP) is 7.36. The SMILES string of the molecule is C=CCOc1ccc2c(c1)C1C(CCCCO)C(CCCCO)C=C3C(=NOCc4ccccc4)CC(N(C)S(=O)(=O)c4ccc(NC(C)=O)cc4)C(OCC=C)(O2)C31. The lowest BCUT2D eigenvalue weighted by Crippen LogP contribution is -2.69. The number of rotatable bonds is 21. The van der Waals surface area contributed by atoms with Crippen molar-refractivity contribution in [1.82, 2.24) is 4.31 Å². The Kier molecular flexibility index (Phi) is 14.8. The molecule has 0 radical (unpaired) electrons. The van der Waals surface area contributed by atoms with Gasteiger partial charge >= 0.3 is 0 Å². The summed E-state index contributed by atoms with van der Waals surface area (Å²) in [6, 6.07) is 20.5. The van der Waals surface area contributed by atoms with Gasteiger partial charge in [-0.15, -0.1) is 6.58 Å². The van der Waals surface area contributed by atoms with Gasteiger partial charge in [-0.3, -0.25) is 4.79 Å². The number of fused-ring (bicyclic) bond motifs is 2. The molecule has 0 saturated heterocycles. The molecular formula is C46H57N3O9S. The van der Waals surface area contributed by atoms with E-state index in [-0.39, 0.29) is 61.4 Å². The smallest absolute Gasteiger partial charge is 0.243 e. The van der Waals surface area contributed by atoms with Crippen LogP contribution in [0.25, 0.3) is 0 Å². The van der Waals surface area contributed by atoms with Gasteiger partial charge in [-0.25, -0.2) is 8.42 Å². The first-order valence-electron chi connectivity index (χ1n) is 20.4. The molecule has 2 aliphatic carbocycles. The highest BCUT2D eigenvalue weighted by atomic mass is 32.2. The summed E-state index contributed by atoms with van der Waals surface area (Å²) in [5.41, 5.74) is 3.76. The molecule has 1 aliphatic heterocycles. The Bertz CT molecular complexity index is 2090. The molecule has 0 aromatic heterocycles. The minimum atomic E-state index is -4.22. The molecule has 0 bridgehead atoms. The van der Waals surface area contributed by atoms with Crippen molar-refractivity contribution in [2.24, 2.45) is 22.9 Å². The van der Waals surface area contributed by atoms with E-state index >= 15 is 0 Å². The number of nitrogens with zero attached hydrogens (tertiary/aromatic N) is 2. The minimum absolute atomic E-state index is 0.00599. The molecule has 12 nitrogen and oxygen atoms in total. The van der Waals surface area contributed by atoms with Gasteiger partial charge in [0, 0.05) is 50.8 Å². The zero-order valence-electron chi connectivity index (χ0n) is 34.0. The fourth-order valence-electron chi connectivity index (χ4n) is 8.95. The molecule has 13 heteroatoms. The van der Waals surface area contributed by atoms with Gasteiger partial charge < -0.3 is 34.6 Å². The molecule has 1 amide bonds. The second kappa shape index (κ2) is 20.0. The molecule has 3 aliphatic rings. The average Bonchev–Trinajstić information content (AvgIpc) is 3.23. The van der Waals surface area contributed by atoms with E-state index in [0.29, 0.717) is 42.3 Å². The molecule has 3 aromatic rings. The lowest BCUT2D eigenvalue weighted by Gasteiger charge is -2.59. The standard InChI is InChI=1S/C46H57N3O9S/c1-5-26-55-36-20-23-42-40(29-36)44-38(17-11-13-25-51)34(16-10-12-24-50)28-39-41(48-57-31-33-14-8-7-9-15-33)30-43(46(58-42,45(39)44)56-27-6-2)49(4)59(53,54)37-21-18-35(19-22-37)47-32(3)52/h5-9,14-15,18-23,28-29,34,38,43-45,50-51H,1-2,10-13,16-17,24-27,30-31H2,3-4H3,(H,47,52). The maximum absolute atomic E-state index is 14.8. The molecule has 1 fully saturated rings. The number of ether oxygens (including phenoxy) is 3. The average molecular weight is 828 g/mol. The number of unbranched alkanes of at least 4 members (excludes halogenated alkanes) is 2. The van der Waals surface area contributed by atoms with Crippen molar-refractivity contribution in [3.8, 4) is 11.5 Å². The maximum atomic E-state index is 14.8. The quantitative estimate of drug-likeness (QED) is 0.0567. The number of aliphatic hydroxyl groups is 2. The molecule has 1 heterocycles. The third-order valence-corrected chi connectivity index (χ3v) is 13.4. The Labute approximate surface area is 348 Å². The van der Waals surface area contributed by atoms with Crippen molar-refractivity contribution in [2.75, 3.05) is 38.8 Å². The van der Waals surface area contributed by atoms with Gasteiger partial charge in [0.05, 0.1) is 29.2 Å². The molecule has 59 heavy (non-hydrogen) atoms. The number of likely N-dealkylation sites (N-methyl/N-ethyl adjacent to an activating group) is 1. The van der Waals surface area contributed by atoms with Crippen LogP contribution in [0.15, 0.2) is 120 Å². The van der Waals surface area contributed by atoms with Crippen LogP contribution in [0, 0.1) is 17.8 Å². The molecule has 3 aromatic carbocycles. The van der Waals surface area contributed by atoms with E-state index in [1.165, 1.54) is 30.4 Å². The van der Waals surface area contributed by atoms with Gasteiger partial charge in [0.15, 0.2) is 0 Å². The Balaban J connectivity index is 1.57. The third kappa shape index (κ3) is 9.66. The van der Waals surface area contributed by atoms with Crippen molar-refractivity contribution in [1.29, 1.82) is 0 Å². The van der Waals surface area contributed by atoms with Gasteiger partial charge in [-0.05, 0) is 91.1 Å². The van der Waals surface area contributed by atoms with Gasteiger partial charge in [0.25, 0.3) is 0 Å². The van der Waals surface area contributed by atoms with Gasteiger partial charge in [-0.1, -0.05) is 73.1 Å². The number of benzene rings is 3. The van der Waals surface area contributed by atoms with Crippen LogP contribution in [-0.4, -0.2) is 79.9 Å². The molecule has 3 N–H and O–H groups in total. The number of carbonyl (C=O) groups excluding carboxylic acids is 1. The molecule has 6 unspecified atom stereocenters. The summed E-state index contributed by atoms with van der Waals surface area (Å²) < 4.78 is 51.1. The van der Waals surface area contributed by atoms with E-state index in [9.17, 15) is 23.4 Å². The van der Waals surface area contributed by atoms with Crippen molar-refractivity contribution in [3.05, 3.63) is 121 Å². The number of aliphatic hydroxyl groups excluding tert-OH is 2. The summed E-state index contributed by atoms with van der Waals surface area (Å²) in [5.74, 6) is -1.44. The maximum Gasteiger partial charge on any atom is 0.243 e. The van der Waals surface area contributed by atoms with Crippen LogP contribution >= 0.6 is 0 Å². The lowest BCUT2D eigenvalue weighted by atomic mass is 9.55. The number of hydrogen-bond donors (Lipinski definition) is 3. The van der Waals surface area contributed by atoms with Crippen molar-refractivity contribution < 1.29 is 42.5 Å². The number of sulfonamides is 1. The molecule has 6 rings (SSSR count). The van der Waals surface area contributed by atoms with Gasteiger partial charge in [0.1, 0.15) is 24.7 Å². The summed E-state index contributed by atoms with van der Waals surface area (Å²) in [6.45, 7) is 9.90. The fraction of sp³-hybridized carbons (Fsp3) is 0.435. The minimum Gasteiger partial charge on any atom is -0.490 e. The topological polar surface area (TPSA) is 156 Å². The van der Waals surface area contributed by atoms with Crippen LogP contribution < -0.4 is 14.8 Å². The van der Waals surface area contributed by atoms with Crippen molar-refractivity contribution in [2.45, 2.75) is 81.1 Å². The fourth-order valence-corrected chi connectivity index (χ4v) is 10.3. The van der Waals surface area contributed by atoms with E-state index in [4.69, 9.17) is 24.2 Å². The number of hydrogen-bond acceptors (Lipinski definition) is 10. The van der Waals surface area contributed by atoms with Crippen LogP contribution in [0.2, 0.25) is 0 Å². The molecule has 6 atom stereocenters. The summed E-state index contributed by atoms with van der Waals surface area (Å²) in [5, 5.41) is 27.2. The van der Waals surface area contributed by atoms with Crippen LogP contribution in [0.3, 0.4) is 0 Å². The zero-order chi connectivity index (χ0) is 42.0. The molecule has 0 spiro atoms. The first-order chi connectivity index (χ1) is 28.6. The van der Waals surface area contributed by atoms with E-state index in [0.717, 1.165) is 42.4 Å². The molecule has 1 saturated carbocycles. The largest absolute Gasteiger partial charge is 0.490 e. The lowest BCUT2D eigenvalue weighted by molar-refractivity contribution is -0.250. The predicted molar refractivity (Wildman–Crippen MR) is 228 cm³/mol. The third-order valence-electron chi connectivity index (χ3n) is 11.6. The Morgan fingerprint density at radius 3 is 2.37 bits per heavy atom. The van der Waals surface area contributed by atoms with Crippen LogP contribution in [-0.2, 0) is 31.0 Å².